The molecular formula is C79H156O16. The first-order chi connectivity index (χ1) is 45.8. The van der Waals surface area contributed by atoms with Gasteiger partial charge in [0.15, 0.2) is 0 Å². The number of esters is 1. The average Bonchev–Trinajstić information content (AvgIpc) is 3.59. The van der Waals surface area contributed by atoms with Gasteiger partial charge in [-0.15, -0.1) is 0 Å². The number of allylic oxidation sites excluding steroid dienone is 1. The quantitative estimate of drug-likeness (QED) is 0.0160. The van der Waals surface area contributed by atoms with Crippen LogP contribution in [0.2, 0.25) is 0 Å². The number of carboxylic acid groups (broad SMARTS) is 6. The van der Waals surface area contributed by atoms with Crippen molar-refractivity contribution in [3.8, 4) is 0 Å². The number of carbonyl (C=O) groups excluding carboxylic acids is 1. The fraction of sp³-hybridized carbons (Fsp3) is 0.886. The van der Waals surface area contributed by atoms with E-state index in [9.17, 15) is 33.6 Å². The fourth-order valence-corrected chi connectivity index (χ4v) is 9.79. The molecule has 0 heterocycles. The van der Waals surface area contributed by atoms with E-state index < -0.39 is 54.5 Å². The lowest BCUT2D eigenvalue weighted by atomic mass is 10.1. The number of unbranched alkanes of at least 4 members (excludes halogenated alkanes) is 47. The maximum atomic E-state index is 11.3. The second-order valence-corrected chi connectivity index (χ2v) is 25.8. The molecular weight excluding hydrogens is 1200 g/mol. The van der Waals surface area contributed by atoms with E-state index in [1.54, 1.807) is 0 Å². The Balaban J connectivity index is -0.000000194. The smallest absolute Gasteiger partial charge is 0.330 e. The van der Waals surface area contributed by atoms with Crippen LogP contribution in [0.25, 0.3) is 0 Å². The van der Waals surface area contributed by atoms with Crippen LogP contribution in [0, 0.1) is 0 Å². The van der Waals surface area contributed by atoms with E-state index in [1.165, 1.54) is 263 Å². The Bertz CT molecular complexity index is 1350. The maximum Gasteiger partial charge on any atom is 0.330 e. The predicted octanol–water partition coefficient (Wildman–Crippen LogP) is 23.4. The molecule has 0 aromatic rings. The van der Waals surface area contributed by atoms with Crippen molar-refractivity contribution in [1.29, 1.82) is 0 Å². The SMILES string of the molecule is CCCCCCCCCC(=O)O.CCCCCCCCCC(=O)O.CCCCCCCCCC(=O)O.CCCCCCCCCC(=O)O.CCCCCCCCCC(=O)O.CCCCCCCCCC(=O)O.CCCCCCCCCCCCC/C=C/C(=O)OCC(O)CO. The molecule has 8 N–H and O–H groups in total. The molecule has 0 bridgehead atoms. The van der Waals surface area contributed by atoms with Crippen molar-refractivity contribution in [2.45, 2.75) is 440 Å². The van der Waals surface area contributed by atoms with Gasteiger partial charge in [0.2, 0.25) is 0 Å². The summed E-state index contributed by atoms with van der Waals surface area (Å²) in [6, 6.07) is 0. The minimum Gasteiger partial charge on any atom is -0.481 e. The van der Waals surface area contributed by atoms with E-state index in [2.05, 4.69) is 48.5 Å². The molecule has 0 aliphatic heterocycles. The topological polar surface area (TPSA) is 291 Å². The molecule has 16 heteroatoms. The van der Waals surface area contributed by atoms with Gasteiger partial charge in [-0.25, -0.2) is 4.79 Å². The van der Waals surface area contributed by atoms with Gasteiger partial charge in [-0.1, -0.05) is 350 Å². The van der Waals surface area contributed by atoms with Crippen LogP contribution in [0.5, 0.6) is 0 Å². The molecule has 0 amide bonds. The first kappa shape index (κ1) is 104. The highest BCUT2D eigenvalue weighted by molar-refractivity contribution is 5.81. The Morgan fingerprint density at radius 3 is 0.579 bits per heavy atom. The van der Waals surface area contributed by atoms with Gasteiger partial charge in [-0.2, -0.15) is 0 Å². The van der Waals surface area contributed by atoms with Crippen LogP contribution in [-0.2, 0) is 38.3 Å². The number of aliphatic hydroxyl groups excluding tert-OH is 2. The van der Waals surface area contributed by atoms with Gasteiger partial charge in [0.25, 0.3) is 0 Å². The number of rotatable bonds is 64. The molecule has 0 aromatic carbocycles. The molecule has 0 saturated heterocycles. The molecule has 0 aliphatic rings. The molecule has 0 rings (SSSR count). The summed E-state index contributed by atoms with van der Waals surface area (Å²) in [4.78, 5) is 72.1. The number of aliphatic hydroxyl groups is 2. The second kappa shape index (κ2) is 98.6. The normalized spacial score (nSPS) is 10.7. The molecule has 95 heavy (non-hydrogen) atoms. The van der Waals surface area contributed by atoms with Crippen LogP contribution in [-0.4, -0.2) is 102 Å². The molecule has 0 spiro atoms. The molecule has 0 aromatic heterocycles. The van der Waals surface area contributed by atoms with E-state index >= 15 is 0 Å². The highest BCUT2D eigenvalue weighted by Gasteiger charge is 2.05. The number of carbonyl (C=O) groups is 7. The largest absolute Gasteiger partial charge is 0.481 e. The lowest BCUT2D eigenvalue weighted by Crippen LogP contribution is -2.21. The molecule has 1 unspecified atom stereocenters. The highest BCUT2D eigenvalue weighted by atomic mass is 16.5. The van der Waals surface area contributed by atoms with Crippen molar-refractivity contribution in [2.75, 3.05) is 13.2 Å². The Morgan fingerprint density at radius 2 is 0.421 bits per heavy atom. The average molecular weight is 1360 g/mol. The summed E-state index contributed by atoms with van der Waals surface area (Å²) in [5, 5.41) is 67.8. The van der Waals surface area contributed by atoms with Crippen molar-refractivity contribution < 1.29 is 79.2 Å². The van der Waals surface area contributed by atoms with Gasteiger partial charge in [0.05, 0.1) is 6.61 Å². The standard InChI is InChI=1S/C19H36O4.6C10H20O2/c1-2-3-4-5-6-7-8-9-10-11-12-13-14-15-19(22)23-17-18(21)16-20;6*1-2-3-4-5-6-7-8-9-10(11)12/h14-15,18,20-21H,2-13,16-17H2,1H3;6*2-9H2,1H3,(H,11,12)/b15-14+;;;;;;. The molecule has 0 saturated carbocycles. The maximum absolute atomic E-state index is 11.3. The van der Waals surface area contributed by atoms with Crippen LogP contribution in [0.1, 0.15) is 434 Å². The molecule has 568 valence electrons. The van der Waals surface area contributed by atoms with Gasteiger partial charge >= 0.3 is 41.8 Å². The van der Waals surface area contributed by atoms with Crippen molar-refractivity contribution in [3.63, 3.8) is 0 Å². The number of ether oxygens (including phenoxy) is 1. The summed E-state index contributed by atoms with van der Waals surface area (Å²) in [5.41, 5.74) is 0. The van der Waals surface area contributed by atoms with E-state index in [4.69, 9.17) is 45.6 Å². The minimum atomic E-state index is -0.987. The van der Waals surface area contributed by atoms with E-state index in [0.29, 0.717) is 38.5 Å². The Morgan fingerprint density at radius 1 is 0.263 bits per heavy atom. The summed E-state index contributed by atoms with van der Waals surface area (Å²) in [5.74, 6) is -4.44. The van der Waals surface area contributed by atoms with E-state index in [-0.39, 0.29) is 6.61 Å². The predicted molar refractivity (Wildman–Crippen MR) is 396 cm³/mol. The summed E-state index contributed by atoms with van der Waals surface area (Å²) in [7, 11) is 0. The summed E-state index contributed by atoms with van der Waals surface area (Å²) < 4.78 is 4.77. The molecule has 1 atom stereocenters. The molecule has 0 aliphatic carbocycles. The third kappa shape index (κ3) is 134. The van der Waals surface area contributed by atoms with Gasteiger partial charge < -0.3 is 45.6 Å². The number of aliphatic carboxylic acids is 6. The van der Waals surface area contributed by atoms with Crippen molar-refractivity contribution in [1.82, 2.24) is 0 Å². The molecule has 0 fully saturated rings. The first-order valence-electron chi connectivity index (χ1n) is 39.3. The summed E-state index contributed by atoms with van der Waals surface area (Å²) in [6.07, 6.45) is 69.5. The second-order valence-electron chi connectivity index (χ2n) is 25.8. The zero-order valence-corrected chi connectivity index (χ0v) is 62.9. The van der Waals surface area contributed by atoms with Crippen LogP contribution in [0.4, 0.5) is 0 Å². The monoisotopic (exact) mass is 1360 g/mol. The zero-order chi connectivity index (χ0) is 72.6. The summed E-state index contributed by atoms with van der Waals surface area (Å²) in [6.45, 7) is 14.9. The van der Waals surface area contributed by atoms with E-state index in [1.807, 2.05) is 6.08 Å². The van der Waals surface area contributed by atoms with Crippen LogP contribution < -0.4 is 0 Å². The zero-order valence-electron chi connectivity index (χ0n) is 62.9. The van der Waals surface area contributed by atoms with Gasteiger partial charge in [0.1, 0.15) is 12.7 Å². The van der Waals surface area contributed by atoms with Crippen LogP contribution >= 0.6 is 0 Å². The third-order valence-electron chi connectivity index (χ3n) is 15.8. The Labute approximate surface area is 583 Å². The lowest BCUT2D eigenvalue weighted by Gasteiger charge is -2.06. The third-order valence-corrected chi connectivity index (χ3v) is 15.8. The van der Waals surface area contributed by atoms with Crippen LogP contribution in [0.3, 0.4) is 0 Å². The van der Waals surface area contributed by atoms with Crippen molar-refractivity contribution >= 4 is 41.8 Å². The first-order valence-corrected chi connectivity index (χ1v) is 39.3. The lowest BCUT2D eigenvalue weighted by molar-refractivity contribution is -0.141. The fourth-order valence-electron chi connectivity index (χ4n) is 9.79. The Kier molecular flexibility index (Phi) is 108. The summed E-state index contributed by atoms with van der Waals surface area (Å²) >= 11 is 0. The number of hydrogen-bond acceptors (Lipinski definition) is 10. The van der Waals surface area contributed by atoms with Gasteiger partial charge in [0, 0.05) is 44.6 Å². The van der Waals surface area contributed by atoms with Crippen LogP contribution in [0.15, 0.2) is 12.2 Å². The number of carboxylic acids is 6. The van der Waals surface area contributed by atoms with Gasteiger partial charge in [-0.3, -0.25) is 28.8 Å². The highest BCUT2D eigenvalue weighted by Crippen LogP contribution is 2.15. The Hall–Kier alpha value is -4.05. The molecule has 0 radical (unpaired) electrons. The van der Waals surface area contributed by atoms with E-state index in [0.717, 1.165) is 89.9 Å². The van der Waals surface area contributed by atoms with Crippen molar-refractivity contribution in [2.24, 2.45) is 0 Å². The van der Waals surface area contributed by atoms with Gasteiger partial charge in [-0.05, 0) is 51.4 Å². The molecule has 16 nitrogen and oxygen atoms in total. The minimum absolute atomic E-state index is 0.155. The van der Waals surface area contributed by atoms with Crippen molar-refractivity contribution in [3.05, 3.63) is 12.2 Å². The number of hydrogen-bond donors (Lipinski definition) is 8.